The van der Waals surface area contributed by atoms with Gasteiger partial charge in [0.05, 0.1) is 28.9 Å². The summed E-state index contributed by atoms with van der Waals surface area (Å²) in [6, 6.07) is 25.4. The summed E-state index contributed by atoms with van der Waals surface area (Å²) >= 11 is 6.05. The van der Waals surface area contributed by atoms with E-state index in [9.17, 15) is 13.2 Å². The molecule has 0 spiro atoms. The first-order valence-electron chi connectivity index (χ1n) is 12.5. The highest BCUT2D eigenvalue weighted by atomic mass is 35.5. The number of nitrogens with one attached hydrogen (secondary N) is 1. The fourth-order valence-corrected chi connectivity index (χ4v) is 5.79. The number of hydrogen-bond donors (Lipinski definition) is 1. The topological polar surface area (TPSA) is 97.3 Å². The van der Waals surface area contributed by atoms with Crippen LogP contribution in [0, 0.1) is 6.92 Å². The number of rotatable bonds is 8. The molecule has 204 valence electrons. The zero-order valence-corrected chi connectivity index (χ0v) is 23.2. The van der Waals surface area contributed by atoms with E-state index in [-0.39, 0.29) is 22.7 Å². The first kappa shape index (κ1) is 27.2. The molecular weight excluding hydrogens is 550 g/mol. The smallest absolute Gasteiger partial charge is 0.273 e. The Kier molecular flexibility index (Phi) is 8.04. The van der Waals surface area contributed by atoms with Gasteiger partial charge >= 0.3 is 0 Å². The molecule has 1 N–H and O–H groups in total. The molecule has 0 unspecified atom stereocenters. The number of nitrogens with zero attached hydrogens (tertiary/aromatic N) is 2. The van der Waals surface area contributed by atoms with Crippen molar-refractivity contribution in [2.45, 2.75) is 18.4 Å². The van der Waals surface area contributed by atoms with Crippen molar-refractivity contribution in [3.8, 4) is 11.5 Å². The lowest BCUT2D eigenvalue weighted by molar-refractivity contribution is 0.0955. The summed E-state index contributed by atoms with van der Waals surface area (Å²) < 4.78 is 40.4. The number of carbonyl (C=O) groups is 1. The molecule has 1 aliphatic rings. The maximum Gasteiger partial charge on any atom is 0.273 e. The highest BCUT2D eigenvalue weighted by molar-refractivity contribution is 7.92. The molecule has 4 aromatic carbocycles. The number of halogens is 1. The van der Waals surface area contributed by atoms with E-state index < -0.39 is 15.9 Å². The number of ether oxygens (including phenoxy) is 2. The molecule has 0 aromatic heterocycles. The minimum atomic E-state index is -4.06. The molecule has 0 saturated heterocycles. The third-order valence-corrected chi connectivity index (χ3v) is 8.26. The highest BCUT2D eigenvalue weighted by Crippen LogP contribution is 2.33. The number of carbonyl (C=O) groups excluding carboxylic acids is 1. The summed E-state index contributed by atoms with van der Waals surface area (Å²) in [6.07, 6.45) is 1.46. The van der Waals surface area contributed by atoms with Crippen molar-refractivity contribution in [3.05, 3.63) is 118 Å². The summed E-state index contributed by atoms with van der Waals surface area (Å²) in [4.78, 5) is 13.4. The van der Waals surface area contributed by atoms with E-state index in [0.717, 1.165) is 5.56 Å². The Balaban J connectivity index is 1.48. The van der Waals surface area contributed by atoms with Gasteiger partial charge in [0.2, 0.25) is 0 Å². The Bertz CT molecular complexity index is 1660. The molecule has 8 nitrogen and oxygen atoms in total. The molecule has 0 fully saturated rings. The molecule has 0 atom stereocenters. The second-order valence-corrected chi connectivity index (χ2v) is 11.3. The van der Waals surface area contributed by atoms with Crippen LogP contribution in [-0.2, 0) is 16.6 Å². The quantitative estimate of drug-likeness (QED) is 0.218. The van der Waals surface area contributed by atoms with Crippen molar-refractivity contribution in [3.63, 3.8) is 0 Å². The predicted molar refractivity (Wildman–Crippen MR) is 155 cm³/mol. The zero-order chi connectivity index (χ0) is 28.1. The zero-order valence-electron chi connectivity index (χ0n) is 21.6. The van der Waals surface area contributed by atoms with Gasteiger partial charge in [0.1, 0.15) is 13.2 Å². The summed E-state index contributed by atoms with van der Waals surface area (Å²) in [5.74, 6) is 0.575. The first-order chi connectivity index (χ1) is 19.3. The Hall–Kier alpha value is -4.34. The molecule has 0 bridgehead atoms. The second-order valence-electron chi connectivity index (χ2n) is 9.04. The summed E-state index contributed by atoms with van der Waals surface area (Å²) in [5, 5.41) is 4.64. The van der Waals surface area contributed by atoms with Gasteiger partial charge in [0.15, 0.2) is 11.5 Å². The summed E-state index contributed by atoms with van der Waals surface area (Å²) in [7, 11) is -4.06. The van der Waals surface area contributed by atoms with Crippen molar-refractivity contribution in [2.75, 3.05) is 17.5 Å². The van der Waals surface area contributed by atoms with E-state index >= 15 is 0 Å². The normalized spacial score (nSPS) is 12.8. The molecule has 10 heteroatoms. The fourth-order valence-electron chi connectivity index (χ4n) is 4.19. The Morgan fingerprint density at radius 1 is 0.950 bits per heavy atom. The van der Waals surface area contributed by atoms with Gasteiger partial charge in [-0.25, -0.2) is 13.8 Å². The maximum absolute atomic E-state index is 13.9. The molecule has 40 heavy (non-hydrogen) atoms. The Morgan fingerprint density at radius 2 is 1.68 bits per heavy atom. The van der Waals surface area contributed by atoms with Gasteiger partial charge in [0.25, 0.3) is 15.9 Å². The van der Waals surface area contributed by atoms with E-state index in [1.165, 1.54) is 10.5 Å². The van der Waals surface area contributed by atoms with Crippen molar-refractivity contribution in [1.82, 2.24) is 5.43 Å². The fraction of sp³-hybridized carbons (Fsp3) is 0.133. The molecule has 1 heterocycles. The second kappa shape index (κ2) is 11.8. The van der Waals surface area contributed by atoms with E-state index in [1.807, 2.05) is 6.92 Å². The van der Waals surface area contributed by atoms with Crippen LogP contribution in [-0.4, -0.2) is 33.8 Å². The van der Waals surface area contributed by atoms with Crippen LogP contribution in [0.4, 0.5) is 5.69 Å². The van der Waals surface area contributed by atoms with Crippen LogP contribution < -0.4 is 19.2 Å². The van der Waals surface area contributed by atoms with Gasteiger partial charge in [-0.2, -0.15) is 5.10 Å². The van der Waals surface area contributed by atoms with E-state index in [4.69, 9.17) is 21.1 Å². The lowest BCUT2D eigenvalue weighted by Gasteiger charge is -2.26. The van der Waals surface area contributed by atoms with E-state index in [1.54, 1.807) is 91.0 Å². The first-order valence-corrected chi connectivity index (χ1v) is 14.3. The number of hydrazone groups is 1. The Labute approximate surface area is 237 Å². The van der Waals surface area contributed by atoms with Crippen LogP contribution in [0.5, 0.6) is 11.5 Å². The van der Waals surface area contributed by atoms with Crippen LogP contribution in [0.15, 0.2) is 101 Å². The molecule has 0 radical (unpaired) electrons. The highest BCUT2D eigenvalue weighted by Gasteiger charge is 2.28. The number of fused-ring (bicyclic) bond motifs is 1. The van der Waals surface area contributed by atoms with Crippen LogP contribution in [0.2, 0.25) is 5.02 Å². The minimum Gasteiger partial charge on any atom is -0.486 e. The SMILES string of the molecule is Cc1ccc(S(=O)(=O)N(Cc2ccc(Cl)cc2)c2ccccc2C(=O)N/N=C\c2cccc3c2OCCO3)cc1. The molecule has 4 aromatic rings. The van der Waals surface area contributed by atoms with Crippen LogP contribution in [0.1, 0.15) is 27.0 Å². The number of aryl methyl sites for hydroxylation is 1. The minimum absolute atomic E-state index is 0.0194. The molecular formula is C30H26ClN3O5S. The van der Waals surface area contributed by atoms with Crippen molar-refractivity contribution >= 4 is 39.4 Å². The average molecular weight is 576 g/mol. The maximum atomic E-state index is 13.9. The average Bonchev–Trinajstić information content (AvgIpc) is 2.97. The number of anilines is 1. The van der Waals surface area contributed by atoms with Gasteiger partial charge in [-0.15, -0.1) is 0 Å². The van der Waals surface area contributed by atoms with Crippen molar-refractivity contribution < 1.29 is 22.7 Å². The van der Waals surface area contributed by atoms with Gasteiger partial charge in [-0.1, -0.05) is 59.6 Å². The molecule has 0 saturated carbocycles. The molecule has 1 amide bonds. The van der Waals surface area contributed by atoms with Gasteiger partial charge < -0.3 is 9.47 Å². The number of amides is 1. The van der Waals surface area contributed by atoms with Gasteiger partial charge in [-0.3, -0.25) is 9.10 Å². The number of hydrogen-bond acceptors (Lipinski definition) is 6. The summed E-state index contributed by atoms with van der Waals surface area (Å²) in [5.41, 5.74) is 5.12. The van der Waals surface area contributed by atoms with E-state index in [2.05, 4.69) is 10.5 Å². The third-order valence-electron chi connectivity index (χ3n) is 6.23. The summed E-state index contributed by atoms with van der Waals surface area (Å²) in [6.45, 7) is 2.73. The predicted octanol–water partition coefficient (Wildman–Crippen LogP) is 5.58. The number of benzene rings is 4. The lowest BCUT2D eigenvalue weighted by Crippen LogP contribution is -2.33. The van der Waals surface area contributed by atoms with Crippen LogP contribution in [0.25, 0.3) is 0 Å². The standard InChI is InChI=1S/C30H26ClN3O5S/c1-21-9-15-25(16-10-21)40(36,37)34(20-22-11-13-24(31)14-12-22)27-7-3-2-6-26(27)30(35)33-32-19-23-5-4-8-28-29(23)39-18-17-38-28/h2-16,19H,17-18,20H2,1H3,(H,33,35)/b32-19-. The van der Waals surface area contributed by atoms with Gasteiger partial charge in [-0.05, 0) is 61.0 Å². The third kappa shape index (κ3) is 5.95. The monoisotopic (exact) mass is 575 g/mol. The van der Waals surface area contributed by atoms with Crippen LogP contribution >= 0.6 is 11.6 Å². The van der Waals surface area contributed by atoms with E-state index in [0.29, 0.717) is 40.9 Å². The number of para-hydroxylation sites is 2. The molecule has 1 aliphatic heterocycles. The number of sulfonamides is 1. The molecule has 0 aliphatic carbocycles. The largest absolute Gasteiger partial charge is 0.486 e. The van der Waals surface area contributed by atoms with Crippen molar-refractivity contribution in [2.24, 2.45) is 5.10 Å². The Morgan fingerprint density at radius 3 is 2.45 bits per heavy atom. The lowest BCUT2D eigenvalue weighted by atomic mass is 10.1. The van der Waals surface area contributed by atoms with Crippen LogP contribution in [0.3, 0.4) is 0 Å². The van der Waals surface area contributed by atoms with Crippen molar-refractivity contribution in [1.29, 1.82) is 0 Å². The van der Waals surface area contributed by atoms with Gasteiger partial charge in [0, 0.05) is 10.6 Å². The molecule has 5 rings (SSSR count).